The van der Waals surface area contributed by atoms with Crippen molar-refractivity contribution in [1.29, 1.82) is 0 Å². The molecule has 7 heteroatoms. The Kier molecular flexibility index (Phi) is 10.5. The number of carbonyl (C=O) groups excluding carboxylic acids is 3. The van der Waals surface area contributed by atoms with E-state index >= 15 is 0 Å². The number of unbranched alkanes of at least 4 members (excludes halogenated alkanes) is 1. The normalized spacial score (nSPS) is 26.1. The highest BCUT2D eigenvalue weighted by atomic mass is 16.6. The highest BCUT2D eigenvalue weighted by Crippen LogP contribution is 2.64. The van der Waals surface area contributed by atoms with Crippen LogP contribution in [0.3, 0.4) is 0 Å². The molecule has 1 saturated heterocycles. The molecule has 5 atom stereocenters. The minimum atomic E-state index is -0.367. The number of ether oxygens (including phenoxy) is 2. The molecule has 5 aliphatic rings. The molecule has 280 valence electrons. The molecule has 0 unspecified atom stereocenters. The van der Waals surface area contributed by atoms with Crippen LogP contribution in [0.5, 0.6) is 11.5 Å². The van der Waals surface area contributed by atoms with E-state index < -0.39 is 0 Å². The summed E-state index contributed by atoms with van der Waals surface area (Å²) < 4.78 is 13.0. The number of carbonyl (C=O) groups is 3. The van der Waals surface area contributed by atoms with E-state index in [0.29, 0.717) is 31.0 Å². The van der Waals surface area contributed by atoms with Crippen LogP contribution in [0, 0.1) is 11.8 Å². The van der Waals surface area contributed by atoms with Gasteiger partial charge in [0.2, 0.25) is 5.91 Å². The van der Waals surface area contributed by atoms with Crippen LogP contribution in [0.4, 0.5) is 0 Å². The van der Waals surface area contributed by atoms with Crippen molar-refractivity contribution in [2.24, 2.45) is 11.8 Å². The average Bonchev–Trinajstić information content (AvgIpc) is 3.52. The third kappa shape index (κ3) is 6.95. The smallest absolute Gasteiger partial charge is 0.308 e. The Morgan fingerprint density at radius 1 is 0.887 bits per heavy atom. The molecule has 0 N–H and O–H groups in total. The number of esters is 1. The van der Waals surface area contributed by atoms with E-state index in [1.54, 1.807) is 6.92 Å². The predicted octanol–water partition coefficient (Wildman–Crippen LogP) is 8.41. The van der Waals surface area contributed by atoms with Crippen LogP contribution in [-0.4, -0.2) is 65.3 Å². The SMILES string of the molecule is CC(=O)CN1CC[C@]23c4c5ccc(OC(C)=O)c4O[C@H]2[C@@H](N(CC(c2ccccc2)c2ccccc2)C(=O)CCCCC2CCCCC2)CC[C@H]3[C@H]1C5. The Labute approximate surface area is 315 Å². The number of amides is 1. The first-order valence-corrected chi connectivity index (χ1v) is 20.5. The quantitative estimate of drug-likeness (QED) is 0.101. The van der Waals surface area contributed by atoms with Crippen molar-refractivity contribution in [2.75, 3.05) is 19.6 Å². The summed E-state index contributed by atoms with van der Waals surface area (Å²) in [7, 11) is 0. The van der Waals surface area contributed by atoms with Crippen molar-refractivity contribution in [1.82, 2.24) is 9.80 Å². The van der Waals surface area contributed by atoms with E-state index in [2.05, 4.69) is 76.5 Å². The predicted molar refractivity (Wildman–Crippen MR) is 206 cm³/mol. The summed E-state index contributed by atoms with van der Waals surface area (Å²) in [5.41, 5.74) is 4.49. The van der Waals surface area contributed by atoms with Crippen molar-refractivity contribution in [3.05, 3.63) is 95.1 Å². The van der Waals surface area contributed by atoms with Crippen LogP contribution in [-0.2, 0) is 26.2 Å². The highest BCUT2D eigenvalue weighted by Gasteiger charge is 2.66. The first kappa shape index (κ1) is 36.0. The van der Waals surface area contributed by atoms with Crippen LogP contribution in [0.2, 0.25) is 0 Å². The molecule has 2 bridgehead atoms. The Morgan fingerprint density at radius 2 is 1.60 bits per heavy atom. The molecule has 7 nitrogen and oxygen atoms in total. The van der Waals surface area contributed by atoms with E-state index in [0.717, 1.165) is 51.0 Å². The molecule has 3 aromatic carbocycles. The summed E-state index contributed by atoms with van der Waals surface area (Å²) in [6.45, 7) is 4.96. The monoisotopic (exact) mass is 716 g/mol. The highest BCUT2D eigenvalue weighted by molar-refractivity contribution is 5.78. The second-order valence-electron chi connectivity index (χ2n) is 16.7. The molecule has 3 aliphatic carbocycles. The molecule has 0 aromatic heterocycles. The van der Waals surface area contributed by atoms with Gasteiger partial charge in [0, 0.05) is 42.8 Å². The number of hydrogen-bond donors (Lipinski definition) is 0. The van der Waals surface area contributed by atoms with Crippen molar-refractivity contribution in [3.63, 3.8) is 0 Å². The minimum Gasteiger partial charge on any atom is -0.483 e. The van der Waals surface area contributed by atoms with Gasteiger partial charge in [-0.1, -0.05) is 112 Å². The third-order valence-corrected chi connectivity index (χ3v) is 13.5. The summed E-state index contributed by atoms with van der Waals surface area (Å²) in [6, 6.07) is 25.3. The maximum absolute atomic E-state index is 14.9. The van der Waals surface area contributed by atoms with E-state index in [-0.39, 0.29) is 53.1 Å². The van der Waals surface area contributed by atoms with Gasteiger partial charge in [-0.25, -0.2) is 0 Å². The van der Waals surface area contributed by atoms with E-state index in [1.165, 1.54) is 67.7 Å². The first-order valence-electron chi connectivity index (χ1n) is 20.5. The fraction of sp³-hybridized carbons (Fsp3) is 0.543. The Hall–Kier alpha value is -3.97. The van der Waals surface area contributed by atoms with Gasteiger partial charge < -0.3 is 14.4 Å². The second kappa shape index (κ2) is 15.4. The van der Waals surface area contributed by atoms with Crippen molar-refractivity contribution in [2.45, 2.75) is 127 Å². The van der Waals surface area contributed by atoms with Gasteiger partial charge in [-0.2, -0.15) is 0 Å². The number of piperidine rings is 1. The molecule has 1 spiro atoms. The average molecular weight is 717 g/mol. The van der Waals surface area contributed by atoms with Gasteiger partial charge in [-0.05, 0) is 80.2 Å². The Balaban J connectivity index is 1.16. The lowest BCUT2D eigenvalue weighted by Gasteiger charge is -2.60. The topological polar surface area (TPSA) is 76.2 Å². The van der Waals surface area contributed by atoms with Crippen LogP contribution < -0.4 is 9.47 Å². The van der Waals surface area contributed by atoms with Gasteiger partial charge in [-0.3, -0.25) is 19.3 Å². The molecule has 8 rings (SSSR count). The fourth-order valence-electron chi connectivity index (χ4n) is 11.3. The zero-order valence-corrected chi connectivity index (χ0v) is 31.6. The van der Waals surface area contributed by atoms with Gasteiger partial charge in [0.1, 0.15) is 11.9 Å². The lowest BCUT2D eigenvalue weighted by atomic mass is 9.51. The van der Waals surface area contributed by atoms with Crippen LogP contribution >= 0.6 is 0 Å². The fourth-order valence-corrected chi connectivity index (χ4v) is 11.3. The maximum atomic E-state index is 14.9. The molecule has 1 amide bonds. The number of hydrogen-bond acceptors (Lipinski definition) is 6. The van der Waals surface area contributed by atoms with E-state index in [1.807, 2.05) is 6.07 Å². The number of ketones is 1. The van der Waals surface area contributed by atoms with Crippen molar-refractivity contribution >= 4 is 17.7 Å². The molecule has 53 heavy (non-hydrogen) atoms. The maximum Gasteiger partial charge on any atom is 0.308 e. The zero-order valence-electron chi connectivity index (χ0n) is 31.6. The van der Waals surface area contributed by atoms with Gasteiger partial charge in [0.05, 0.1) is 12.6 Å². The van der Waals surface area contributed by atoms with Crippen molar-refractivity contribution in [3.8, 4) is 11.5 Å². The molecule has 3 fully saturated rings. The minimum absolute atomic E-state index is 0.00581. The molecular weight excluding hydrogens is 661 g/mol. The van der Waals surface area contributed by atoms with Gasteiger partial charge in [0.15, 0.2) is 11.5 Å². The largest absolute Gasteiger partial charge is 0.483 e. The molecule has 2 heterocycles. The Bertz CT molecular complexity index is 1750. The lowest BCUT2D eigenvalue weighted by molar-refractivity contribution is -0.144. The number of Topliss-reactive ketones (excluding diaryl/α,β-unsaturated/α-hetero) is 1. The summed E-state index contributed by atoms with van der Waals surface area (Å²) >= 11 is 0. The van der Waals surface area contributed by atoms with Crippen molar-refractivity contribution < 1.29 is 23.9 Å². The van der Waals surface area contributed by atoms with Crippen LogP contribution in [0.1, 0.15) is 119 Å². The molecule has 3 aromatic rings. The Morgan fingerprint density at radius 3 is 2.28 bits per heavy atom. The van der Waals surface area contributed by atoms with E-state index in [9.17, 15) is 14.4 Å². The molecule has 2 aliphatic heterocycles. The number of nitrogens with zero attached hydrogens (tertiary/aromatic N) is 2. The number of benzene rings is 3. The summed E-state index contributed by atoms with van der Waals surface area (Å²) in [6.07, 6.45) is 13.7. The lowest BCUT2D eigenvalue weighted by Crippen LogP contribution is -2.69. The number of rotatable bonds is 13. The third-order valence-electron chi connectivity index (χ3n) is 13.5. The first-order chi connectivity index (χ1) is 25.8. The summed E-state index contributed by atoms with van der Waals surface area (Å²) in [5, 5.41) is 0. The summed E-state index contributed by atoms with van der Waals surface area (Å²) in [4.78, 5) is 44.4. The van der Waals surface area contributed by atoms with Gasteiger partial charge in [0.25, 0.3) is 0 Å². The zero-order chi connectivity index (χ0) is 36.5. The number of likely N-dealkylation sites (tertiary alicyclic amines) is 1. The van der Waals surface area contributed by atoms with E-state index in [4.69, 9.17) is 9.47 Å². The molecule has 2 saturated carbocycles. The van der Waals surface area contributed by atoms with Crippen LogP contribution in [0.25, 0.3) is 0 Å². The molecular formula is C46H56N2O5. The summed E-state index contributed by atoms with van der Waals surface area (Å²) in [5.74, 6) is 2.31. The molecule has 0 radical (unpaired) electrons. The van der Waals surface area contributed by atoms with Gasteiger partial charge >= 0.3 is 5.97 Å². The second-order valence-corrected chi connectivity index (χ2v) is 16.7. The van der Waals surface area contributed by atoms with Crippen LogP contribution in [0.15, 0.2) is 72.8 Å². The van der Waals surface area contributed by atoms with Gasteiger partial charge in [-0.15, -0.1) is 0 Å². The standard InChI is InChI=1S/C46H56N2O5/c1-31(49)29-47-27-26-46-38-23-24-39(45(46)53-44-41(52-32(2)50)25-22-36(43(44)46)28-40(38)47)48(42(51)21-13-12-16-33-14-6-3-7-15-33)30-37(34-17-8-4-9-18-34)35-19-10-5-11-20-35/h4-5,8-11,17-20,22,25,33,37-40,45H,3,6-7,12-16,21,23-24,26-30H2,1-2H3/t38-,39-,40+,45-,46-/m0/s1.